The first-order valence-corrected chi connectivity index (χ1v) is 9.09. The van der Waals surface area contributed by atoms with Gasteiger partial charge in [0.15, 0.2) is 6.10 Å². The fourth-order valence-corrected chi connectivity index (χ4v) is 3.64. The van der Waals surface area contributed by atoms with Crippen LogP contribution < -0.4 is 5.73 Å². The van der Waals surface area contributed by atoms with Crippen molar-refractivity contribution >= 4 is 22.8 Å². The number of para-hydroxylation sites is 1. The van der Waals surface area contributed by atoms with E-state index < -0.39 is 18.0 Å². The number of benzene rings is 1. The van der Waals surface area contributed by atoms with Crippen LogP contribution in [0, 0.1) is 11.3 Å². The maximum Gasteiger partial charge on any atom is 0.339 e. The van der Waals surface area contributed by atoms with Crippen molar-refractivity contribution in [1.82, 2.24) is 4.98 Å². The van der Waals surface area contributed by atoms with Crippen LogP contribution in [-0.2, 0) is 22.4 Å². The van der Waals surface area contributed by atoms with Crippen molar-refractivity contribution < 1.29 is 14.3 Å². The van der Waals surface area contributed by atoms with Crippen LogP contribution in [0.25, 0.3) is 10.9 Å². The zero-order valence-corrected chi connectivity index (χ0v) is 15.8. The molecule has 2 aromatic rings. The van der Waals surface area contributed by atoms with Crippen molar-refractivity contribution in [2.75, 3.05) is 0 Å². The molecule has 0 saturated heterocycles. The summed E-state index contributed by atoms with van der Waals surface area (Å²) in [6, 6.07) is 7.58. The molecule has 1 amide bonds. The number of carbonyl (C=O) groups excluding carboxylic acids is 2. The van der Waals surface area contributed by atoms with Crippen molar-refractivity contribution in [1.29, 1.82) is 0 Å². The summed E-state index contributed by atoms with van der Waals surface area (Å²) in [5.41, 5.74) is 8.64. The quantitative estimate of drug-likeness (QED) is 0.856. The largest absolute Gasteiger partial charge is 0.449 e. The van der Waals surface area contributed by atoms with Gasteiger partial charge in [0.2, 0.25) is 0 Å². The predicted octanol–water partition coefficient (Wildman–Crippen LogP) is 3.42. The van der Waals surface area contributed by atoms with Gasteiger partial charge in [-0.1, -0.05) is 39.0 Å². The molecule has 1 aromatic heterocycles. The van der Waals surface area contributed by atoms with Crippen molar-refractivity contribution in [3.8, 4) is 0 Å². The lowest BCUT2D eigenvalue weighted by atomic mass is 9.70. The number of hydrogen-bond acceptors (Lipinski definition) is 4. The average molecular weight is 354 g/mol. The van der Waals surface area contributed by atoms with Gasteiger partial charge in [0.1, 0.15) is 0 Å². The molecule has 1 heterocycles. The molecule has 0 radical (unpaired) electrons. The second-order valence-electron chi connectivity index (χ2n) is 8.18. The summed E-state index contributed by atoms with van der Waals surface area (Å²) >= 11 is 0. The molecule has 0 saturated carbocycles. The topological polar surface area (TPSA) is 82.3 Å². The number of amides is 1. The van der Waals surface area contributed by atoms with Crippen LogP contribution >= 0.6 is 0 Å². The van der Waals surface area contributed by atoms with Gasteiger partial charge in [0.25, 0.3) is 5.91 Å². The number of carbonyl (C=O) groups is 2. The van der Waals surface area contributed by atoms with Gasteiger partial charge in [0, 0.05) is 11.1 Å². The molecule has 5 nitrogen and oxygen atoms in total. The van der Waals surface area contributed by atoms with Gasteiger partial charge in [-0.05, 0) is 49.1 Å². The van der Waals surface area contributed by atoms with E-state index in [1.54, 1.807) is 0 Å². The number of aryl methyl sites for hydroxylation is 1. The molecule has 5 heteroatoms. The van der Waals surface area contributed by atoms with Crippen LogP contribution in [0.3, 0.4) is 0 Å². The van der Waals surface area contributed by atoms with Crippen LogP contribution in [0.5, 0.6) is 0 Å². The first-order valence-electron chi connectivity index (χ1n) is 9.09. The highest BCUT2D eigenvalue weighted by molar-refractivity contribution is 6.05. The minimum absolute atomic E-state index is 0.144. The number of esters is 1. The molecule has 0 bridgehead atoms. The first kappa shape index (κ1) is 18.4. The lowest BCUT2D eigenvalue weighted by molar-refractivity contribution is -0.125. The molecular formula is C21H26N2O3. The average Bonchev–Trinajstić information content (AvgIpc) is 2.57. The molecule has 0 unspecified atom stereocenters. The fraction of sp³-hybridized carbons (Fsp3) is 0.476. The first-order chi connectivity index (χ1) is 12.2. The molecule has 2 atom stereocenters. The molecule has 1 aliphatic rings. The van der Waals surface area contributed by atoms with E-state index in [0.717, 1.165) is 41.4 Å². The second-order valence-corrected chi connectivity index (χ2v) is 8.18. The van der Waals surface area contributed by atoms with Crippen LogP contribution in [0.1, 0.15) is 55.7 Å². The predicted molar refractivity (Wildman–Crippen MR) is 101 cm³/mol. The highest BCUT2D eigenvalue weighted by Crippen LogP contribution is 2.39. The van der Waals surface area contributed by atoms with Crippen molar-refractivity contribution in [3.05, 3.63) is 41.1 Å². The number of primary amides is 1. The lowest BCUT2D eigenvalue weighted by Gasteiger charge is -2.35. The number of nitrogens with zero attached hydrogens (tertiary/aromatic N) is 1. The van der Waals surface area contributed by atoms with E-state index in [2.05, 4.69) is 20.8 Å². The van der Waals surface area contributed by atoms with Gasteiger partial charge in [-0.2, -0.15) is 0 Å². The van der Waals surface area contributed by atoms with Crippen molar-refractivity contribution in [3.63, 3.8) is 0 Å². The summed E-state index contributed by atoms with van der Waals surface area (Å²) in [7, 11) is 0. The summed E-state index contributed by atoms with van der Waals surface area (Å²) in [4.78, 5) is 29.1. The van der Waals surface area contributed by atoms with Gasteiger partial charge in [-0.3, -0.25) is 9.78 Å². The minimum atomic E-state index is -0.966. The Morgan fingerprint density at radius 3 is 2.62 bits per heavy atom. The number of aromatic nitrogens is 1. The summed E-state index contributed by atoms with van der Waals surface area (Å²) in [6.07, 6.45) is 1.71. The molecule has 2 N–H and O–H groups in total. The van der Waals surface area contributed by atoms with Crippen LogP contribution in [0.4, 0.5) is 0 Å². The smallest absolute Gasteiger partial charge is 0.339 e. The summed E-state index contributed by atoms with van der Waals surface area (Å²) < 4.78 is 5.35. The third-order valence-corrected chi connectivity index (χ3v) is 5.37. The van der Waals surface area contributed by atoms with Gasteiger partial charge < -0.3 is 10.5 Å². The monoisotopic (exact) mass is 354 g/mol. The van der Waals surface area contributed by atoms with E-state index in [4.69, 9.17) is 15.5 Å². The Morgan fingerprint density at radius 2 is 1.96 bits per heavy atom. The maximum absolute atomic E-state index is 12.9. The van der Waals surface area contributed by atoms with E-state index in [0.29, 0.717) is 11.5 Å². The maximum atomic E-state index is 12.9. The summed E-state index contributed by atoms with van der Waals surface area (Å²) in [5, 5.41) is 0.766. The highest BCUT2D eigenvalue weighted by atomic mass is 16.5. The van der Waals surface area contributed by atoms with E-state index in [9.17, 15) is 9.59 Å². The minimum Gasteiger partial charge on any atom is -0.449 e. The summed E-state index contributed by atoms with van der Waals surface area (Å²) in [5.74, 6) is -0.697. The number of hydrogen-bond donors (Lipinski definition) is 1. The SMILES string of the molecule is C[C@H](OC(=O)c1c2c(nc3ccccc13)CC[C@@H](C(C)(C)C)C2)C(N)=O. The lowest BCUT2D eigenvalue weighted by Crippen LogP contribution is -2.32. The molecular weight excluding hydrogens is 328 g/mol. The van der Waals surface area contributed by atoms with E-state index in [-0.39, 0.29) is 5.41 Å². The van der Waals surface area contributed by atoms with E-state index in [1.165, 1.54) is 6.92 Å². The Kier molecular flexibility index (Phi) is 4.74. The third kappa shape index (κ3) is 3.43. The Morgan fingerprint density at radius 1 is 1.27 bits per heavy atom. The van der Waals surface area contributed by atoms with Crippen LogP contribution in [-0.4, -0.2) is 23.0 Å². The van der Waals surface area contributed by atoms with E-state index >= 15 is 0 Å². The Hall–Kier alpha value is -2.43. The van der Waals surface area contributed by atoms with E-state index in [1.807, 2.05) is 24.3 Å². The number of nitrogens with two attached hydrogens (primary N) is 1. The second kappa shape index (κ2) is 6.71. The molecule has 1 aliphatic carbocycles. The number of pyridine rings is 1. The number of rotatable bonds is 3. The Labute approximate surface area is 153 Å². The standard InChI is InChI=1S/C21H26N2O3/c1-12(19(22)24)26-20(25)18-14-7-5-6-8-16(14)23-17-10-9-13(11-15(17)18)21(2,3)4/h5-8,12-13H,9-11H2,1-4H3,(H2,22,24)/t12-,13+/m0/s1. The molecule has 26 heavy (non-hydrogen) atoms. The van der Waals surface area contributed by atoms with Crippen LogP contribution in [0.2, 0.25) is 0 Å². The third-order valence-electron chi connectivity index (χ3n) is 5.37. The number of fused-ring (bicyclic) bond motifs is 2. The van der Waals surface area contributed by atoms with Gasteiger partial charge in [-0.15, -0.1) is 0 Å². The van der Waals surface area contributed by atoms with Gasteiger partial charge in [-0.25, -0.2) is 4.79 Å². The fourth-order valence-electron chi connectivity index (χ4n) is 3.64. The molecule has 0 aliphatic heterocycles. The highest BCUT2D eigenvalue weighted by Gasteiger charge is 2.33. The van der Waals surface area contributed by atoms with Crippen molar-refractivity contribution in [2.24, 2.45) is 17.1 Å². The number of ether oxygens (including phenoxy) is 1. The summed E-state index contributed by atoms with van der Waals surface area (Å²) in [6.45, 7) is 8.17. The Bertz CT molecular complexity index is 867. The molecule has 138 valence electrons. The molecule has 1 aromatic carbocycles. The molecule has 0 spiro atoms. The van der Waals surface area contributed by atoms with Crippen LogP contribution in [0.15, 0.2) is 24.3 Å². The normalized spacial score (nSPS) is 18.2. The zero-order chi connectivity index (χ0) is 19.1. The molecule has 0 fully saturated rings. The molecule has 3 rings (SSSR count). The Balaban J connectivity index is 2.13. The van der Waals surface area contributed by atoms with Gasteiger partial charge in [0.05, 0.1) is 11.1 Å². The van der Waals surface area contributed by atoms with Crippen molar-refractivity contribution in [2.45, 2.75) is 53.1 Å². The zero-order valence-electron chi connectivity index (χ0n) is 15.8. The van der Waals surface area contributed by atoms with Gasteiger partial charge >= 0.3 is 5.97 Å².